The summed E-state index contributed by atoms with van der Waals surface area (Å²) in [4.78, 5) is 2.75. The Morgan fingerprint density at radius 3 is 2.58 bits per heavy atom. The van der Waals surface area contributed by atoms with Crippen LogP contribution in [0.25, 0.3) is 0 Å². The lowest BCUT2D eigenvalue weighted by atomic mass is 10.1. The molecule has 0 unspecified atom stereocenters. The third-order valence-electron chi connectivity index (χ3n) is 3.13. The summed E-state index contributed by atoms with van der Waals surface area (Å²) in [6, 6.07) is 5.68. The van der Waals surface area contributed by atoms with Crippen LogP contribution in [0.5, 0.6) is 5.75 Å². The number of hydrogen-bond donors (Lipinski definition) is 2. The van der Waals surface area contributed by atoms with E-state index >= 15 is 0 Å². The van der Waals surface area contributed by atoms with E-state index in [4.69, 9.17) is 22.7 Å². The summed E-state index contributed by atoms with van der Waals surface area (Å²) in [5.74, 6) is 0.797. The van der Waals surface area contributed by atoms with Crippen LogP contribution in [0.4, 0.5) is 5.69 Å². The second-order valence-electron chi connectivity index (χ2n) is 4.23. The first-order valence-corrected chi connectivity index (χ1v) is 6.97. The number of anilines is 1. The van der Waals surface area contributed by atoms with Crippen molar-refractivity contribution in [3.8, 4) is 5.75 Å². The van der Waals surface area contributed by atoms with Crippen LogP contribution in [-0.2, 0) is 0 Å². The van der Waals surface area contributed by atoms with Gasteiger partial charge in [-0.05, 0) is 25.2 Å². The molecule has 1 aromatic carbocycles. The van der Waals surface area contributed by atoms with Crippen molar-refractivity contribution in [3.05, 3.63) is 23.8 Å². The van der Waals surface area contributed by atoms with Gasteiger partial charge in [0.25, 0.3) is 0 Å². The maximum absolute atomic E-state index is 5.73. The highest BCUT2D eigenvalue weighted by molar-refractivity contribution is 7.80. The number of thiocarbonyl (C=S) groups is 1. The molecule has 1 aromatic rings. The van der Waals surface area contributed by atoms with Crippen LogP contribution in [0.3, 0.4) is 0 Å². The zero-order chi connectivity index (χ0) is 14.3. The summed E-state index contributed by atoms with van der Waals surface area (Å²) >= 11 is 5.06. The second kappa shape index (κ2) is 7.96. The third-order valence-corrected chi connectivity index (χ3v) is 3.35. The van der Waals surface area contributed by atoms with E-state index in [-0.39, 0.29) is 0 Å². The molecule has 106 valence electrons. The number of nitrogens with zero attached hydrogens (tertiary/aromatic N) is 1. The van der Waals surface area contributed by atoms with E-state index in [2.05, 4.69) is 24.1 Å². The van der Waals surface area contributed by atoms with Crippen LogP contribution in [0, 0.1) is 0 Å². The van der Waals surface area contributed by atoms with Gasteiger partial charge in [-0.2, -0.15) is 0 Å². The average Bonchev–Trinajstić information content (AvgIpc) is 2.43. The van der Waals surface area contributed by atoms with Crippen LogP contribution in [0.15, 0.2) is 18.2 Å². The molecular weight excluding hydrogens is 258 g/mol. The van der Waals surface area contributed by atoms with Crippen molar-refractivity contribution in [1.82, 2.24) is 4.90 Å². The highest BCUT2D eigenvalue weighted by atomic mass is 32.1. The Bertz CT molecular complexity index is 419. The molecule has 0 aliphatic rings. The van der Waals surface area contributed by atoms with Crippen LogP contribution in [0.1, 0.15) is 19.4 Å². The van der Waals surface area contributed by atoms with Crippen LogP contribution >= 0.6 is 12.2 Å². The van der Waals surface area contributed by atoms with Gasteiger partial charge in [0.1, 0.15) is 10.7 Å². The van der Waals surface area contributed by atoms with Gasteiger partial charge in [-0.25, -0.2) is 0 Å². The van der Waals surface area contributed by atoms with Crippen molar-refractivity contribution in [3.63, 3.8) is 0 Å². The van der Waals surface area contributed by atoms with Crippen molar-refractivity contribution >= 4 is 22.9 Å². The SMILES string of the molecule is CCN(CC)CCNc1cc(OC)ccc1C(N)=S. The zero-order valence-electron chi connectivity index (χ0n) is 11.9. The lowest BCUT2D eigenvalue weighted by molar-refractivity contribution is 0.316. The molecule has 0 heterocycles. The molecule has 3 N–H and O–H groups in total. The first-order valence-electron chi connectivity index (χ1n) is 6.56. The lowest BCUT2D eigenvalue weighted by Gasteiger charge is -2.19. The molecule has 0 saturated carbocycles. The van der Waals surface area contributed by atoms with Crippen molar-refractivity contribution in [2.24, 2.45) is 5.73 Å². The van der Waals surface area contributed by atoms with Gasteiger partial charge in [-0.1, -0.05) is 26.1 Å². The molecule has 5 heteroatoms. The zero-order valence-corrected chi connectivity index (χ0v) is 12.7. The van der Waals surface area contributed by atoms with Crippen LogP contribution in [0.2, 0.25) is 0 Å². The van der Waals surface area contributed by atoms with Gasteiger partial charge in [0.15, 0.2) is 0 Å². The first kappa shape index (κ1) is 15.7. The third kappa shape index (κ3) is 4.69. The van der Waals surface area contributed by atoms with Crippen molar-refractivity contribution in [2.75, 3.05) is 38.6 Å². The summed E-state index contributed by atoms with van der Waals surface area (Å²) in [6.45, 7) is 8.27. The molecule has 0 aliphatic carbocycles. The number of nitrogens with two attached hydrogens (primary N) is 1. The molecule has 0 aliphatic heterocycles. The van der Waals surface area contributed by atoms with E-state index < -0.39 is 0 Å². The molecule has 19 heavy (non-hydrogen) atoms. The Labute approximate surface area is 120 Å². The summed E-state index contributed by atoms with van der Waals surface area (Å²) in [7, 11) is 1.65. The van der Waals surface area contributed by atoms with E-state index in [1.54, 1.807) is 7.11 Å². The predicted molar refractivity (Wildman–Crippen MR) is 85.2 cm³/mol. The molecule has 0 fully saturated rings. The van der Waals surface area contributed by atoms with Gasteiger partial charge in [-0.3, -0.25) is 0 Å². The maximum Gasteiger partial charge on any atom is 0.120 e. The van der Waals surface area contributed by atoms with Crippen molar-refractivity contribution in [1.29, 1.82) is 0 Å². The van der Waals surface area contributed by atoms with E-state index in [0.29, 0.717) is 4.99 Å². The summed E-state index contributed by atoms with van der Waals surface area (Å²) < 4.78 is 5.22. The number of hydrogen-bond acceptors (Lipinski definition) is 4. The van der Waals surface area contributed by atoms with Gasteiger partial charge in [0.05, 0.1) is 7.11 Å². The predicted octanol–water partition coefficient (Wildman–Crippen LogP) is 2.08. The molecule has 4 nitrogen and oxygen atoms in total. The molecule has 0 atom stereocenters. The fraction of sp³-hybridized carbons (Fsp3) is 0.500. The Balaban J connectivity index is 2.72. The number of benzene rings is 1. The largest absolute Gasteiger partial charge is 0.497 e. The number of methoxy groups -OCH3 is 1. The van der Waals surface area contributed by atoms with Crippen molar-refractivity contribution in [2.45, 2.75) is 13.8 Å². The fourth-order valence-corrected chi connectivity index (χ4v) is 2.08. The smallest absolute Gasteiger partial charge is 0.120 e. The number of likely N-dealkylation sites (N-methyl/N-ethyl adjacent to an activating group) is 1. The summed E-state index contributed by atoms with van der Waals surface area (Å²) in [5, 5.41) is 3.38. The second-order valence-corrected chi connectivity index (χ2v) is 4.67. The van der Waals surface area contributed by atoms with Gasteiger partial charge < -0.3 is 20.7 Å². The van der Waals surface area contributed by atoms with Crippen LogP contribution < -0.4 is 15.8 Å². The average molecular weight is 281 g/mol. The molecule has 0 radical (unpaired) electrons. The lowest BCUT2D eigenvalue weighted by Crippen LogP contribution is -2.29. The minimum atomic E-state index is 0.396. The van der Waals surface area contributed by atoms with E-state index in [1.165, 1.54) is 0 Å². The standard InChI is InChI=1S/C14H23N3OS/c1-4-17(5-2)9-8-16-13-10-11(18-3)6-7-12(13)14(15)19/h6-7,10,16H,4-5,8-9H2,1-3H3,(H2,15,19). The monoisotopic (exact) mass is 281 g/mol. The molecule has 1 rings (SSSR count). The Kier molecular flexibility index (Phi) is 6.59. The van der Waals surface area contributed by atoms with Gasteiger partial charge in [0, 0.05) is 30.4 Å². The summed E-state index contributed by atoms with van der Waals surface area (Å²) in [5.41, 5.74) is 7.52. The molecule has 0 aromatic heterocycles. The minimum Gasteiger partial charge on any atom is -0.497 e. The highest BCUT2D eigenvalue weighted by Gasteiger charge is 2.07. The Hall–Kier alpha value is -1.33. The molecule has 0 spiro atoms. The molecular formula is C14H23N3OS. The fourth-order valence-electron chi connectivity index (χ4n) is 1.90. The van der Waals surface area contributed by atoms with Gasteiger partial charge >= 0.3 is 0 Å². The minimum absolute atomic E-state index is 0.396. The van der Waals surface area contributed by atoms with Crippen LogP contribution in [-0.4, -0.2) is 43.2 Å². The number of rotatable bonds is 8. The topological polar surface area (TPSA) is 50.5 Å². The van der Waals surface area contributed by atoms with Gasteiger partial charge in [0.2, 0.25) is 0 Å². The summed E-state index contributed by atoms with van der Waals surface area (Å²) in [6.07, 6.45) is 0. The van der Waals surface area contributed by atoms with E-state index in [9.17, 15) is 0 Å². The highest BCUT2D eigenvalue weighted by Crippen LogP contribution is 2.22. The maximum atomic E-state index is 5.73. The quantitative estimate of drug-likeness (QED) is 0.715. The van der Waals surface area contributed by atoms with Crippen molar-refractivity contribution < 1.29 is 4.74 Å². The number of nitrogens with one attached hydrogen (secondary N) is 1. The molecule has 0 saturated heterocycles. The molecule has 0 bridgehead atoms. The number of ether oxygens (including phenoxy) is 1. The first-order chi connectivity index (χ1) is 9.12. The Morgan fingerprint density at radius 2 is 2.05 bits per heavy atom. The van der Waals surface area contributed by atoms with Gasteiger partial charge in [-0.15, -0.1) is 0 Å². The van der Waals surface area contributed by atoms with E-state index in [0.717, 1.165) is 43.2 Å². The Morgan fingerprint density at radius 1 is 1.37 bits per heavy atom. The molecule has 0 amide bonds. The normalized spacial score (nSPS) is 10.5. The van der Waals surface area contributed by atoms with E-state index in [1.807, 2.05) is 18.2 Å².